The second-order valence-electron chi connectivity index (χ2n) is 4.33. The average Bonchev–Trinajstić information content (AvgIpc) is 2.25. The molecular weight excluding hydrogens is 202 g/mol. The van der Waals surface area contributed by atoms with Crippen molar-refractivity contribution in [1.82, 2.24) is 9.97 Å². The molecular formula is C12H21N3O. The maximum absolute atomic E-state index is 5.17. The van der Waals surface area contributed by atoms with Gasteiger partial charge in [0.15, 0.2) is 0 Å². The molecule has 0 spiro atoms. The number of nitrogens with zero attached hydrogens (tertiary/aromatic N) is 2. The molecule has 1 N–H and O–H groups in total. The molecule has 0 aliphatic heterocycles. The van der Waals surface area contributed by atoms with Gasteiger partial charge in [-0.1, -0.05) is 13.8 Å². The normalized spacial score (nSPS) is 12.9. The summed E-state index contributed by atoms with van der Waals surface area (Å²) in [5, 5.41) is 3.26. The van der Waals surface area contributed by atoms with Crippen LogP contribution in [0.4, 0.5) is 5.82 Å². The van der Waals surface area contributed by atoms with E-state index in [0.717, 1.165) is 23.9 Å². The van der Waals surface area contributed by atoms with E-state index in [1.165, 1.54) is 0 Å². The molecule has 1 rings (SSSR count). The van der Waals surface area contributed by atoms with Crippen molar-refractivity contribution in [1.29, 1.82) is 0 Å². The number of rotatable bonds is 5. The van der Waals surface area contributed by atoms with Gasteiger partial charge in [-0.25, -0.2) is 9.97 Å². The Labute approximate surface area is 97.5 Å². The molecule has 0 saturated carbocycles. The lowest BCUT2D eigenvalue weighted by Crippen LogP contribution is -2.19. The van der Waals surface area contributed by atoms with E-state index in [4.69, 9.17) is 4.74 Å². The van der Waals surface area contributed by atoms with E-state index in [9.17, 15) is 0 Å². The van der Waals surface area contributed by atoms with Gasteiger partial charge < -0.3 is 10.1 Å². The first-order chi connectivity index (χ1) is 7.52. The molecule has 4 nitrogen and oxygen atoms in total. The van der Waals surface area contributed by atoms with Gasteiger partial charge in [0.2, 0.25) is 0 Å². The number of hydrogen-bond donors (Lipinski definition) is 1. The molecule has 0 aliphatic carbocycles. The number of methoxy groups -OCH3 is 1. The average molecular weight is 223 g/mol. The second kappa shape index (κ2) is 5.80. The molecule has 1 aromatic heterocycles. The zero-order chi connectivity index (χ0) is 12.1. The van der Waals surface area contributed by atoms with Gasteiger partial charge in [0.05, 0.1) is 6.10 Å². The van der Waals surface area contributed by atoms with E-state index in [2.05, 4.69) is 29.1 Å². The van der Waals surface area contributed by atoms with Crippen LogP contribution in [0.25, 0.3) is 0 Å². The van der Waals surface area contributed by atoms with Crippen molar-refractivity contribution in [3.63, 3.8) is 0 Å². The summed E-state index contributed by atoms with van der Waals surface area (Å²) < 4.78 is 5.17. The lowest BCUT2D eigenvalue weighted by molar-refractivity contribution is 0.128. The van der Waals surface area contributed by atoms with Crippen LogP contribution < -0.4 is 5.32 Å². The Kier molecular flexibility index (Phi) is 4.68. The van der Waals surface area contributed by atoms with E-state index in [1.807, 2.05) is 19.9 Å². The van der Waals surface area contributed by atoms with Crippen molar-refractivity contribution < 1.29 is 4.74 Å². The Hall–Kier alpha value is -1.16. The molecule has 1 atom stereocenters. The molecule has 1 aromatic rings. The molecule has 0 aromatic carbocycles. The zero-order valence-electron chi connectivity index (χ0n) is 10.7. The van der Waals surface area contributed by atoms with Gasteiger partial charge in [0.25, 0.3) is 0 Å². The van der Waals surface area contributed by atoms with Crippen LogP contribution in [0, 0.1) is 6.92 Å². The van der Waals surface area contributed by atoms with Crippen LogP contribution in [-0.4, -0.2) is 29.7 Å². The molecule has 1 heterocycles. The summed E-state index contributed by atoms with van der Waals surface area (Å²) in [6.45, 7) is 8.94. The third kappa shape index (κ3) is 3.77. The fraction of sp³-hybridized carbons (Fsp3) is 0.667. The largest absolute Gasteiger partial charge is 0.380 e. The van der Waals surface area contributed by atoms with Crippen molar-refractivity contribution in [2.75, 3.05) is 19.0 Å². The number of ether oxygens (including phenoxy) is 1. The highest BCUT2D eigenvalue weighted by Gasteiger charge is 2.06. The van der Waals surface area contributed by atoms with E-state index in [0.29, 0.717) is 5.92 Å². The van der Waals surface area contributed by atoms with E-state index in [-0.39, 0.29) is 6.10 Å². The molecule has 16 heavy (non-hydrogen) atoms. The SMILES string of the molecule is COC(C)CNc1cc(C)nc(C(C)C)n1. The molecule has 90 valence electrons. The monoisotopic (exact) mass is 223 g/mol. The van der Waals surface area contributed by atoms with Gasteiger partial charge in [0.1, 0.15) is 11.6 Å². The Morgan fingerprint density at radius 3 is 2.56 bits per heavy atom. The third-order valence-electron chi connectivity index (χ3n) is 2.36. The molecule has 0 bridgehead atoms. The molecule has 0 amide bonds. The Morgan fingerprint density at radius 2 is 2.00 bits per heavy atom. The van der Waals surface area contributed by atoms with Gasteiger partial charge in [-0.15, -0.1) is 0 Å². The highest BCUT2D eigenvalue weighted by atomic mass is 16.5. The number of hydrogen-bond acceptors (Lipinski definition) is 4. The van der Waals surface area contributed by atoms with Crippen LogP contribution in [0.1, 0.15) is 38.2 Å². The molecule has 0 saturated heterocycles. The number of aromatic nitrogens is 2. The third-order valence-corrected chi connectivity index (χ3v) is 2.36. The summed E-state index contributed by atoms with van der Waals surface area (Å²) in [5.74, 6) is 2.10. The highest BCUT2D eigenvalue weighted by molar-refractivity contribution is 5.36. The van der Waals surface area contributed by atoms with Crippen LogP contribution in [-0.2, 0) is 4.74 Å². The first kappa shape index (κ1) is 12.9. The van der Waals surface area contributed by atoms with E-state index in [1.54, 1.807) is 7.11 Å². The minimum atomic E-state index is 0.178. The smallest absolute Gasteiger partial charge is 0.133 e. The lowest BCUT2D eigenvalue weighted by Gasteiger charge is -2.13. The predicted molar refractivity (Wildman–Crippen MR) is 65.8 cm³/mol. The van der Waals surface area contributed by atoms with Crippen LogP contribution in [0.5, 0.6) is 0 Å². The molecule has 0 fully saturated rings. The maximum atomic E-state index is 5.17. The Balaban J connectivity index is 2.72. The van der Waals surface area contributed by atoms with E-state index < -0.39 is 0 Å². The summed E-state index contributed by atoms with van der Waals surface area (Å²) in [4.78, 5) is 8.86. The first-order valence-corrected chi connectivity index (χ1v) is 5.65. The predicted octanol–water partition coefficient (Wildman–Crippen LogP) is 2.36. The Bertz CT molecular complexity index is 339. The minimum absolute atomic E-state index is 0.178. The lowest BCUT2D eigenvalue weighted by atomic mass is 10.2. The van der Waals surface area contributed by atoms with Gasteiger partial charge >= 0.3 is 0 Å². The van der Waals surface area contributed by atoms with Gasteiger partial charge in [-0.2, -0.15) is 0 Å². The molecule has 4 heteroatoms. The minimum Gasteiger partial charge on any atom is -0.380 e. The van der Waals surface area contributed by atoms with Crippen molar-refractivity contribution in [3.05, 3.63) is 17.6 Å². The van der Waals surface area contributed by atoms with Crippen molar-refractivity contribution >= 4 is 5.82 Å². The number of anilines is 1. The topological polar surface area (TPSA) is 47.0 Å². The van der Waals surface area contributed by atoms with E-state index >= 15 is 0 Å². The van der Waals surface area contributed by atoms with Crippen molar-refractivity contribution in [2.24, 2.45) is 0 Å². The molecule has 0 aliphatic rings. The summed E-state index contributed by atoms with van der Waals surface area (Å²) in [6, 6.07) is 1.95. The van der Waals surface area contributed by atoms with Gasteiger partial charge in [-0.05, 0) is 13.8 Å². The summed E-state index contributed by atoms with van der Waals surface area (Å²) in [5.41, 5.74) is 0.992. The standard InChI is InChI=1S/C12H21N3O/c1-8(2)12-14-9(3)6-11(15-12)13-7-10(4)16-5/h6,8,10H,7H2,1-5H3,(H,13,14,15). The fourth-order valence-corrected chi connectivity index (χ4v) is 1.27. The highest BCUT2D eigenvalue weighted by Crippen LogP contribution is 2.13. The molecule has 0 radical (unpaired) electrons. The second-order valence-corrected chi connectivity index (χ2v) is 4.33. The van der Waals surface area contributed by atoms with Crippen LogP contribution in [0.2, 0.25) is 0 Å². The maximum Gasteiger partial charge on any atom is 0.133 e. The van der Waals surface area contributed by atoms with Crippen LogP contribution >= 0.6 is 0 Å². The summed E-state index contributed by atoms with van der Waals surface area (Å²) in [7, 11) is 1.71. The number of aryl methyl sites for hydroxylation is 1. The fourth-order valence-electron chi connectivity index (χ4n) is 1.27. The summed E-state index contributed by atoms with van der Waals surface area (Å²) in [6.07, 6.45) is 0.178. The van der Waals surface area contributed by atoms with Gasteiger partial charge in [0, 0.05) is 31.3 Å². The quantitative estimate of drug-likeness (QED) is 0.832. The van der Waals surface area contributed by atoms with Crippen LogP contribution in [0.15, 0.2) is 6.07 Å². The zero-order valence-corrected chi connectivity index (χ0v) is 10.7. The summed E-state index contributed by atoms with van der Waals surface area (Å²) >= 11 is 0. The van der Waals surface area contributed by atoms with Crippen molar-refractivity contribution in [2.45, 2.75) is 39.7 Å². The number of nitrogens with one attached hydrogen (secondary N) is 1. The van der Waals surface area contributed by atoms with Gasteiger partial charge in [-0.3, -0.25) is 0 Å². The molecule has 1 unspecified atom stereocenters. The first-order valence-electron chi connectivity index (χ1n) is 5.65. The van der Waals surface area contributed by atoms with Crippen molar-refractivity contribution in [3.8, 4) is 0 Å². The van der Waals surface area contributed by atoms with Crippen LogP contribution in [0.3, 0.4) is 0 Å². The Morgan fingerprint density at radius 1 is 1.31 bits per heavy atom.